The summed E-state index contributed by atoms with van der Waals surface area (Å²) in [5, 5.41) is 16.4. The Bertz CT molecular complexity index is 911. The Kier molecular flexibility index (Phi) is 4.59. The number of nitrogens with zero attached hydrogens (tertiary/aromatic N) is 2. The Morgan fingerprint density at radius 2 is 1.80 bits per heavy atom. The van der Waals surface area contributed by atoms with E-state index in [-0.39, 0.29) is 4.90 Å². The summed E-state index contributed by atoms with van der Waals surface area (Å²) in [6, 6.07) is 13.3. The van der Waals surface area contributed by atoms with E-state index >= 15 is 0 Å². The van der Waals surface area contributed by atoms with Gasteiger partial charge in [0.2, 0.25) is 10.0 Å². The molecule has 0 fully saturated rings. The number of hydrogen-bond donors (Lipinski definition) is 2. The lowest BCUT2D eigenvalue weighted by atomic mass is 10.1. The van der Waals surface area contributed by atoms with E-state index in [1.54, 1.807) is 24.3 Å². The fourth-order valence-electron chi connectivity index (χ4n) is 2.66. The molecule has 0 spiro atoms. The number of halogens is 1. The number of primary sulfonamides is 1. The first-order chi connectivity index (χ1) is 11.7. The van der Waals surface area contributed by atoms with Gasteiger partial charge < -0.3 is 10.0 Å². The Balaban J connectivity index is 2.03. The molecule has 8 heteroatoms. The van der Waals surface area contributed by atoms with E-state index in [0.29, 0.717) is 29.4 Å². The van der Waals surface area contributed by atoms with Gasteiger partial charge in [-0.2, -0.15) is 0 Å². The maximum Gasteiger partial charge on any atom is 0.238 e. The number of sulfonamides is 1. The minimum Gasteiger partial charge on any atom is -0.368 e. The number of nitrogens with two attached hydrogens (primary N) is 1. The normalized spacial score (nSPS) is 20.6. The average Bonchev–Trinajstić information content (AvgIpc) is 2.94. The highest BCUT2D eigenvalue weighted by Gasteiger charge is 2.37. The molecule has 0 amide bonds. The highest BCUT2D eigenvalue weighted by Crippen LogP contribution is 2.30. The van der Waals surface area contributed by atoms with Crippen molar-refractivity contribution in [2.45, 2.75) is 24.0 Å². The molecule has 25 heavy (non-hydrogen) atoms. The zero-order valence-corrected chi connectivity index (χ0v) is 15.1. The number of rotatable bonds is 4. The molecule has 2 aromatic rings. The minimum absolute atomic E-state index is 0.0265. The van der Waals surface area contributed by atoms with Gasteiger partial charge in [0, 0.05) is 16.3 Å². The Morgan fingerprint density at radius 1 is 1.20 bits per heavy atom. The predicted octanol–water partition coefficient (Wildman–Crippen LogP) is 2.35. The van der Waals surface area contributed by atoms with Crippen LogP contribution in [0.25, 0.3) is 0 Å². The zero-order valence-electron chi connectivity index (χ0n) is 13.6. The Labute approximate surface area is 151 Å². The number of anilines is 1. The van der Waals surface area contributed by atoms with Crippen molar-refractivity contribution < 1.29 is 13.5 Å². The monoisotopic (exact) mass is 379 g/mol. The highest BCUT2D eigenvalue weighted by atomic mass is 35.5. The summed E-state index contributed by atoms with van der Waals surface area (Å²) in [7, 11) is -3.76. The van der Waals surface area contributed by atoms with Gasteiger partial charge in [-0.25, -0.2) is 18.5 Å². The fraction of sp³-hybridized carbons (Fsp3) is 0.235. The molecule has 0 saturated carbocycles. The number of aliphatic hydroxyl groups is 1. The van der Waals surface area contributed by atoms with E-state index in [1.807, 2.05) is 24.0 Å². The molecule has 3 N–H and O–H groups in total. The van der Waals surface area contributed by atoms with Crippen molar-refractivity contribution in [3.63, 3.8) is 0 Å². The fourth-order valence-corrected chi connectivity index (χ4v) is 3.30. The first kappa shape index (κ1) is 17.9. The van der Waals surface area contributed by atoms with Crippen LogP contribution in [0, 0.1) is 0 Å². The molecule has 1 heterocycles. The molecule has 1 aliphatic rings. The van der Waals surface area contributed by atoms with Crippen molar-refractivity contribution in [2.75, 3.05) is 11.4 Å². The lowest BCUT2D eigenvalue weighted by Gasteiger charge is -2.23. The number of amidine groups is 1. The first-order valence-corrected chi connectivity index (χ1v) is 9.63. The standard InChI is InChI=1S/C17H18ClN3O3S/c1-2-17(22)11-21(14-7-5-13(18)6-8-14)16(20-17)12-3-9-15(10-4-12)25(19,23)24/h3-10,22H,2,11H2,1H3,(H2,19,23,24). The summed E-state index contributed by atoms with van der Waals surface area (Å²) in [5.41, 5.74) is 0.322. The highest BCUT2D eigenvalue weighted by molar-refractivity contribution is 7.89. The quantitative estimate of drug-likeness (QED) is 0.852. The van der Waals surface area contributed by atoms with Gasteiger partial charge in [-0.3, -0.25) is 0 Å². The molecule has 132 valence electrons. The van der Waals surface area contributed by atoms with Crippen LogP contribution >= 0.6 is 11.6 Å². The molecule has 1 aliphatic heterocycles. The molecule has 2 aromatic carbocycles. The van der Waals surface area contributed by atoms with Gasteiger partial charge in [0.25, 0.3) is 0 Å². The minimum atomic E-state index is -3.76. The predicted molar refractivity (Wildman–Crippen MR) is 98.4 cm³/mol. The molecule has 0 aromatic heterocycles. The molecular formula is C17H18ClN3O3S. The second kappa shape index (κ2) is 6.42. The van der Waals surface area contributed by atoms with Crippen molar-refractivity contribution in [3.8, 4) is 0 Å². The number of β-amino-alcohol motifs (C(OH)–C–C–N with tert-alkyl or cyclic N) is 1. The van der Waals surface area contributed by atoms with Crippen LogP contribution < -0.4 is 10.0 Å². The number of benzene rings is 2. The first-order valence-electron chi connectivity index (χ1n) is 7.70. The zero-order chi connectivity index (χ0) is 18.2. The largest absolute Gasteiger partial charge is 0.368 e. The molecular weight excluding hydrogens is 362 g/mol. The molecule has 0 saturated heterocycles. The Morgan fingerprint density at radius 3 is 2.32 bits per heavy atom. The van der Waals surface area contributed by atoms with Crippen molar-refractivity contribution in [2.24, 2.45) is 10.1 Å². The topological polar surface area (TPSA) is 96.0 Å². The second-order valence-electron chi connectivity index (χ2n) is 5.90. The van der Waals surface area contributed by atoms with Gasteiger partial charge in [0.15, 0.2) is 5.72 Å². The van der Waals surface area contributed by atoms with E-state index in [2.05, 4.69) is 4.99 Å². The van der Waals surface area contributed by atoms with E-state index in [4.69, 9.17) is 16.7 Å². The second-order valence-corrected chi connectivity index (χ2v) is 7.90. The summed E-state index contributed by atoms with van der Waals surface area (Å²) in [4.78, 5) is 6.37. The van der Waals surface area contributed by atoms with Crippen LogP contribution in [0.4, 0.5) is 5.69 Å². The number of hydrogen-bond acceptors (Lipinski definition) is 5. The van der Waals surface area contributed by atoms with E-state index in [9.17, 15) is 13.5 Å². The SMILES string of the molecule is CCC1(O)CN(c2ccc(Cl)cc2)C(c2ccc(S(N)(=O)=O)cc2)=N1. The molecule has 3 rings (SSSR count). The van der Waals surface area contributed by atoms with Crippen molar-refractivity contribution >= 4 is 33.1 Å². The van der Waals surface area contributed by atoms with E-state index in [1.165, 1.54) is 12.1 Å². The number of aliphatic imine (C=N–C) groups is 1. The van der Waals surface area contributed by atoms with Gasteiger partial charge in [-0.15, -0.1) is 0 Å². The molecule has 6 nitrogen and oxygen atoms in total. The maximum absolute atomic E-state index is 11.4. The lowest BCUT2D eigenvalue weighted by molar-refractivity contribution is 0.0633. The molecule has 0 bridgehead atoms. The molecule has 0 radical (unpaired) electrons. The van der Waals surface area contributed by atoms with Crippen LogP contribution in [0.2, 0.25) is 5.02 Å². The summed E-state index contributed by atoms with van der Waals surface area (Å²) < 4.78 is 22.8. The van der Waals surface area contributed by atoms with Crippen LogP contribution in [0.3, 0.4) is 0 Å². The summed E-state index contributed by atoms with van der Waals surface area (Å²) >= 11 is 5.95. The lowest BCUT2D eigenvalue weighted by Crippen LogP contribution is -2.35. The van der Waals surface area contributed by atoms with Crippen LogP contribution in [-0.2, 0) is 10.0 Å². The van der Waals surface area contributed by atoms with E-state index < -0.39 is 15.7 Å². The summed E-state index contributed by atoms with van der Waals surface area (Å²) in [5.74, 6) is 0.563. The van der Waals surface area contributed by atoms with Crippen molar-refractivity contribution in [1.82, 2.24) is 0 Å². The van der Waals surface area contributed by atoms with Crippen molar-refractivity contribution in [3.05, 3.63) is 59.1 Å². The average molecular weight is 380 g/mol. The van der Waals surface area contributed by atoms with Gasteiger partial charge >= 0.3 is 0 Å². The third-order valence-corrected chi connectivity index (χ3v) is 5.31. The third kappa shape index (κ3) is 3.69. The van der Waals surface area contributed by atoms with Crippen LogP contribution in [0.5, 0.6) is 0 Å². The third-order valence-electron chi connectivity index (χ3n) is 4.13. The van der Waals surface area contributed by atoms with Crippen molar-refractivity contribution in [1.29, 1.82) is 0 Å². The van der Waals surface area contributed by atoms with Gasteiger partial charge in [-0.1, -0.05) is 18.5 Å². The van der Waals surface area contributed by atoms with E-state index in [0.717, 1.165) is 5.69 Å². The Hall–Kier alpha value is -1.93. The van der Waals surface area contributed by atoms with Gasteiger partial charge in [0.05, 0.1) is 11.4 Å². The molecule has 0 aliphatic carbocycles. The molecule has 1 unspecified atom stereocenters. The van der Waals surface area contributed by atoms with Gasteiger partial charge in [-0.05, 0) is 55.0 Å². The molecule has 1 atom stereocenters. The van der Waals surface area contributed by atoms with Crippen LogP contribution in [0.1, 0.15) is 18.9 Å². The van der Waals surface area contributed by atoms with Gasteiger partial charge in [0.1, 0.15) is 5.84 Å². The van der Waals surface area contributed by atoms with Crippen LogP contribution in [0.15, 0.2) is 58.4 Å². The van der Waals surface area contributed by atoms with Crippen LogP contribution in [-0.4, -0.2) is 31.6 Å². The summed E-state index contributed by atoms with van der Waals surface area (Å²) in [6.07, 6.45) is 0.454. The summed E-state index contributed by atoms with van der Waals surface area (Å²) in [6.45, 7) is 2.16. The smallest absolute Gasteiger partial charge is 0.238 e. The maximum atomic E-state index is 11.4.